The van der Waals surface area contributed by atoms with E-state index in [0.717, 1.165) is 11.1 Å². The maximum Gasteiger partial charge on any atom is 0.238 e. The molecule has 20 heavy (non-hydrogen) atoms. The zero-order chi connectivity index (χ0) is 13.9. The molecule has 0 spiro atoms. The summed E-state index contributed by atoms with van der Waals surface area (Å²) in [5.74, 6) is -0.212. The van der Waals surface area contributed by atoms with Gasteiger partial charge < -0.3 is 9.47 Å². The van der Waals surface area contributed by atoms with E-state index in [4.69, 9.17) is 9.47 Å². The number of amides is 2. The van der Waals surface area contributed by atoms with Crippen molar-refractivity contribution < 1.29 is 19.1 Å². The van der Waals surface area contributed by atoms with Crippen LogP contribution in [0.2, 0.25) is 0 Å². The Morgan fingerprint density at radius 3 is 2.35 bits per heavy atom. The van der Waals surface area contributed by atoms with E-state index < -0.39 is 0 Å². The monoisotopic (exact) mass is 273 g/mol. The Labute approximate surface area is 116 Å². The van der Waals surface area contributed by atoms with E-state index in [1.54, 1.807) is 0 Å². The van der Waals surface area contributed by atoms with E-state index in [0.29, 0.717) is 19.8 Å². The minimum atomic E-state index is -0.260. The molecule has 2 amide bonds. The van der Waals surface area contributed by atoms with Gasteiger partial charge in [0.25, 0.3) is 0 Å². The Hall–Kier alpha value is -1.98. The van der Waals surface area contributed by atoms with Crippen molar-refractivity contribution in [1.29, 1.82) is 0 Å². The molecule has 0 aliphatic carbocycles. The molecule has 2 saturated heterocycles. The third kappa shape index (κ3) is 2.64. The van der Waals surface area contributed by atoms with Crippen LogP contribution in [0.25, 0.3) is 6.08 Å². The van der Waals surface area contributed by atoms with E-state index in [-0.39, 0.29) is 24.5 Å². The summed E-state index contributed by atoms with van der Waals surface area (Å²) in [4.78, 5) is 23.5. The topological polar surface area (TPSA) is 55.8 Å². The highest BCUT2D eigenvalue weighted by molar-refractivity contribution is 6.14. The Kier molecular flexibility index (Phi) is 3.62. The van der Waals surface area contributed by atoms with Crippen molar-refractivity contribution in [3.63, 3.8) is 0 Å². The largest absolute Gasteiger partial charge is 0.346 e. The van der Waals surface area contributed by atoms with Gasteiger partial charge in [0, 0.05) is 12.1 Å². The van der Waals surface area contributed by atoms with Crippen molar-refractivity contribution in [3.8, 4) is 0 Å². The highest BCUT2D eigenvalue weighted by Crippen LogP contribution is 2.23. The van der Waals surface area contributed by atoms with E-state index in [1.165, 1.54) is 4.90 Å². The van der Waals surface area contributed by atoms with Gasteiger partial charge in [-0.15, -0.1) is 0 Å². The number of hydrogen-bond acceptors (Lipinski definition) is 4. The molecule has 5 nitrogen and oxygen atoms in total. The first-order valence-corrected chi connectivity index (χ1v) is 6.57. The molecule has 0 saturated carbocycles. The maximum atomic E-state index is 11.1. The second-order valence-corrected chi connectivity index (χ2v) is 4.72. The smallest absolute Gasteiger partial charge is 0.238 e. The van der Waals surface area contributed by atoms with Crippen molar-refractivity contribution in [2.45, 2.75) is 12.7 Å². The van der Waals surface area contributed by atoms with Gasteiger partial charge >= 0.3 is 0 Å². The number of rotatable bonds is 4. The van der Waals surface area contributed by atoms with Crippen LogP contribution in [0.5, 0.6) is 0 Å². The lowest BCUT2D eigenvalue weighted by Crippen LogP contribution is -2.48. The van der Waals surface area contributed by atoms with Gasteiger partial charge in [-0.1, -0.05) is 36.4 Å². The molecule has 2 heterocycles. The molecule has 5 heteroatoms. The summed E-state index contributed by atoms with van der Waals surface area (Å²) in [7, 11) is 0. The molecule has 0 N–H and O–H groups in total. The average molecular weight is 273 g/mol. The third-order valence-corrected chi connectivity index (χ3v) is 3.33. The Bertz CT molecular complexity index is 529. The average Bonchev–Trinajstić information content (AvgIpc) is 2.98. The van der Waals surface area contributed by atoms with Gasteiger partial charge in [-0.3, -0.25) is 14.5 Å². The molecule has 1 aromatic carbocycles. The van der Waals surface area contributed by atoms with E-state index >= 15 is 0 Å². The number of hydrogen-bond donors (Lipinski definition) is 0. The number of imide groups is 1. The Morgan fingerprint density at radius 2 is 1.75 bits per heavy atom. The fraction of sp³-hybridized carbons (Fsp3) is 0.333. The Balaban J connectivity index is 1.57. The standard InChI is InChI=1S/C15H15NO4/c17-13-10-14(18)16(13)7-1-2-11-3-5-12(6-4-11)15-19-8-9-20-15/h1-6,15H,7-10H2/b2-1+. The highest BCUT2D eigenvalue weighted by Gasteiger charge is 2.32. The van der Waals surface area contributed by atoms with Gasteiger partial charge in [0.05, 0.1) is 13.2 Å². The lowest BCUT2D eigenvalue weighted by Gasteiger charge is -2.26. The van der Waals surface area contributed by atoms with Gasteiger partial charge in [-0.05, 0) is 5.56 Å². The second-order valence-electron chi connectivity index (χ2n) is 4.72. The Morgan fingerprint density at radius 1 is 1.10 bits per heavy atom. The number of likely N-dealkylation sites (tertiary alicyclic amines) is 1. The van der Waals surface area contributed by atoms with E-state index in [2.05, 4.69) is 0 Å². The van der Waals surface area contributed by atoms with Crippen molar-refractivity contribution in [3.05, 3.63) is 41.5 Å². The number of ether oxygens (including phenoxy) is 2. The number of carbonyl (C=O) groups excluding carboxylic acids is 2. The zero-order valence-electron chi connectivity index (χ0n) is 11.0. The first kappa shape index (κ1) is 13.0. The maximum absolute atomic E-state index is 11.1. The molecule has 3 rings (SSSR count). The number of benzene rings is 1. The molecule has 0 bridgehead atoms. The molecule has 104 valence electrons. The normalized spacial score (nSPS) is 19.9. The van der Waals surface area contributed by atoms with Gasteiger partial charge in [0.2, 0.25) is 11.8 Å². The van der Waals surface area contributed by atoms with Crippen LogP contribution in [0.3, 0.4) is 0 Å². The number of β-lactam (4-membered cyclic amide) rings is 2. The van der Waals surface area contributed by atoms with Crippen molar-refractivity contribution in [2.75, 3.05) is 19.8 Å². The molecule has 0 unspecified atom stereocenters. The molecule has 2 fully saturated rings. The summed E-state index contributed by atoms with van der Waals surface area (Å²) in [6.45, 7) is 1.60. The molecule has 0 atom stereocenters. The van der Waals surface area contributed by atoms with Crippen LogP contribution in [0, 0.1) is 0 Å². The fourth-order valence-electron chi connectivity index (χ4n) is 2.18. The second kappa shape index (κ2) is 5.56. The van der Waals surface area contributed by atoms with Crippen LogP contribution in [-0.2, 0) is 19.1 Å². The SMILES string of the molecule is O=C1CC(=O)N1C/C=C/c1ccc(C2OCCO2)cc1. The lowest BCUT2D eigenvalue weighted by molar-refractivity contribution is -0.156. The molecule has 0 aromatic heterocycles. The molecular formula is C15H15NO4. The third-order valence-electron chi connectivity index (χ3n) is 3.33. The predicted octanol–water partition coefficient (Wildman–Crippen LogP) is 1.50. The molecule has 2 aliphatic heterocycles. The minimum absolute atomic E-state index is 0.0456. The van der Waals surface area contributed by atoms with Crippen LogP contribution in [-0.4, -0.2) is 36.5 Å². The zero-order valence-corrected chi connectivity index (χ0v) is 11.0. The summed E-state index contributed by atoms with van der Waals surface area (Å²) in [6, 6.07) is 7.82. The summed E-state index contributed by atoms with van der Waals surface area (Å²) < 4.78 is 10.8. The van der Waals surface area contributed by atoms with Crippen molar-refractivity contribution >= 4 is 17.9 Å². The molecule has 1 aromatic rings. The van der Waals surface area contributed by atoms with Crippen LogP contribution in [0.1, 0.15) is 23.8 Å². The van der Waals surface area contributed by atoms with Crippen molar-refractivity contribution in [2.24, 2.45) is 0 Å². The van der Waals surface area contributed by atoms with Gasteiger partial charge in [-0.25, -0.2) is 0 Å². The van der Waals surface area contributed by atoms with Crippen LogP contribution in [0.15, 0.2) is 30.3 Å². The fourth-order valence-corrected chi connectivity index (χ4v) is 2.18. The van der Waals surface area contributed by atoms with Gasteiger partial charge in [-0.2, -0.15) is 0 Å². The number of nitrogens with zero attached hydrogens (tertiary/aromatic N) is 1. The highest BCUT2D eigenvalue weighted by atomic mass is 16.7. The van der Waals surface area contributed by atoms with Crippen LogP contribution < -0.4 is 0 Å². The minimum Gasteiger partial charge on any atom is -0.346 e. The summed E-state index contributed by atoms with van der Waals surface area (Å²) >= 11 is 0. The summed E-state index contributed by atoms with van der Waals surface area (Å²) in [5.41, 5.74) is 2.00. The lowest BCUT2D eigenvalue weighted by atomic mass is 10.1. The molecular weight excluding hydrogens is 258 g/mol. The predicted molar refractivity (Wildman–Crippen MR) is 71.5 cm³/mol. The van der Waals surface area contributed by atoms with E-state index in [9.17, 15) is 9.59 Å². The number of carbonyl (C=O) groups is 2. The molecule has 0 radical (unpaired) electrons. The summed E-state index contributed by atoms with van der Waals surface area (Å²) in [5, 5.41) is 0. The first-order chi connectivity index (χ1) is 9.74. The summed E-state index contributed by atoms with van der Waals surface area (Å²) in [6.07, 6.45) is 3.49. The molecule has 2 aliphatic rings. The van der Waals surface area contributed by atoms with E-state index in [1.807, 2.05) is 36.4 Å². The van der Waals surface area contributed by atoms with Crippen LogP contribution >= 0.6 is 0 Å². The van der Waals surface area contributed by atoms with Gasteiger partial charge in [0.1, 0.15) is 6.42 Å². The first-order valence-electron chi connectivity index (χ1n) is 6.57. The van der Waals surface area contributed by atoms with Gasteiger partial charge in [0.15, 0.2) is 6.29 Å². The van der Waals surface area contributed by atoms with Crippen molar-refractivity contribution in [1.82, 2.24) is 4.90 Å². The van der Waals surface area contributed by atoms with Crippen LogP contribution in [0.4, 0.5) is 0 Å². The quantitative estimate of drug-likeness (QED) is 0.616.